The lowest BCUT2D eigenvalue weighted by Gasteiger charge is -2.21. The Hall–Kier alpha value is -3.33. The van der Waals surface area contributed by atoms with Crippen molar-refractivity contribution in [3.63, 3.8) is 0 Å². The molecule has 2 N–H and O–H groups in total. The van der Waals surface area contributed by atoms with Crippen LogP contribution in [0.25, 0.3) is 0 Å². The number of thioether (sulfide) groups is 1. The molecule has 1 heterocycles. The number of anilines is 3. The summed E-state index contributed by atoms with van der Waals surface area (Å²) in [5.41, 5.74) is 2.86. The molecular weight excluding hydrogens is 412 g/mol. The fourth-order valence-electron chi connectivity index (χ4n) is 3.02. The lowest BCUT2D eigenvalue weighted by Crippen LogP contribution is -2.21. The number of hydrogen-bond donors (Lipinski definition) is 2. The first-order valence-electron chi connectivity index (χ1n) is 10.0. The fourth-order valence-corrected chi connectivity index (χ4v) is 3.70. The lowest BCUT2D eigenvalue weighted by molar-refractivity contribution is -0.113. The Morgan fingerprint density at radius 3 is 2.42 bits per heavy atom. The molecule has 1 aromatic heterocycles. The SMILES string of the molecule is CCN(CC)c1ccc(NC(=O)c2cccc(NC(=O)CSc3nncn3C)c2)cc1. The standard InChI is InChI=1S/C22H26N6O2S/c1-4-28(5-2)19-11-9-17(10-12-19)25-21(30)16-7-6-8-18(13-16)24-20(29)14-31-22-26-23-15-27(22)3/h6-13,15H,4-5,14H2,1-3H3,(H,24,29)(H,25,30). The second-order valence-electron chi connectivity index (χ2n) is 6.82. The monoisotopic (exact) mass is 438 g/mol. The van der Waals surface area contributed by atoms with Crippen molar-refractivity contribution in [2.24, 2.45) is 7.05 Å². The van der Waals surface area contributed by atoms with Crippen LogP contribution in [0.15, 0.2) is 60.0 Å². The summed E-state index contributed by atoms with van der Waals surface area (Å²) in [5, 5.41) is 14.1. The number of carbonyl (C=O) groups is 2. The third-order valence-corrected chi connectivity index (χ3v) is 5.70. The van der Waals surface area contributed by atoms with Crippen LogP contribution in [0.4, 0.5) is 17.1 Å². The zero-order valence-electron chi connectivity index (χ0n) is 17.8. The van der Waals surface area contributed by atoms with E-state index in [2.05, 4.69) is 39.6 Å². The molecule has 0 aliphatic heterocycles. The Kier molecular flexibility index (Phi) is 7.66. The quantitative estimate of drug-likeness (QED) is 0.496. The van der Waals surface area contributed by atoms with Gasteiger partial charge in [-0.1, -0.05) is 17.8 Å². The van der Waals surface area contributed by atoms with Crippen LogP contribution in [-0.4, -0.2) is 45.4 Å². The van der Waals surface area contributed by atoms with E-state index >= 15 is 0 Å². The highest BCUT2D eigenvalue weighted by Crippen LogP contribution is 2.19. The van der Waals surface area contributed by atoms with Crippen LogP contribution in [0.5, 0.6) is 0 Å². The largest absolute Gasteiger partial charge is 0.372 e. The van der Waals surface area contributed by atoms with Gasteiger partial charge in [0.2, 0.25) is 5.91 Å². The first kappa shape index (κ1) is 22.4. The lowest BCUT2D eigenvalue weighted by atomic mass is 10.1. The number of aryl methyl sites for hydroxylation is 1. The highest BCUT2D eigenvalue weighted by molar-refractivity contribution is 7.99. The molecular formula is C22H26N6O2S. The van der Waals surface area contributed by atoms with E-state index in [4.69, 9.17) is 0 Å². The van der Waals surface area contributed by atoms with Crippen molar-refractivity contribution in [3.8, 4) is 0 Å². The normalized spacial score (nSPS) is 10.5. The number of amides is 2. The van der Waals surface area contributed by atoms with E-state index in [1.54, 1.807) is 35.2 Å². The minimum atomic E-state index is -0.236. The summed E-state index contributed by atoms with van der Waals surface area (Å²) in [5.74, 6) is -0.223. The Morgan fingerprint density at radius 1 is 1.03 bits per heavy atom. The highest BCUT2D eigenvalue weighted by atomic mass is 32.2. The maximum Gasteiger partial charge on any atom is 0.255 e. The molecule has 0 aliphatic rings. The molecule has 162 valence electrons. The smallest absolute Gasteiger partial charge is 0.255 e. The maximum absolute atomic E-state index is 12.6. The van der Waals surface area contributed by atoms with Crippen molar-refractivity contribution in [1.82, 2.24) is 14.8 Å². The summed E-state index contributed by atoms with van der Waals surface area (Å²) in [6.07, 6.45) is 1.58. The molecule has 0 saturated heterocycles. The summed E-state index contributed by atoms with van der Waals surface area (Å²) in [4.78, 5) is 27.1. The second-order valence-corrected chi connectivity index (χ2v) is 7.76. The van der Waals surface area contributed by atoms with Gasteiger partial charge in [0.1, 0.15) is 6.33 Å². The average Bonchev–Trinajstić information content (AvgIpc) is 3.19. The van der Waals surface area contributed by atoms with Crippen molar-refractivity contribution in [2.75, 3.05) is 34.4 Å². The van der Waals surface area contributed by atoms with Crippen LogP contribution in [0.3, 0.4) is 0 Å². The number of rotatable bonds is 9. The van der Waals surface area contributed by atoms with Crippen LogP contribution in [-0.2, 0) is 11.8 Å². The van der Waals surface area contributed by atoms with Gasteiger partial charge in [-0.25, -0.2) is 0 Å². The summed E-state index contributed by atoms with van der Waals surface area (Å²) in [7, 11) is 1.82. The van der Waals surface area contributed by atoms with Gasteiger partial charge < -0.3 is 20.1 Å². The van der Waals surface area contributed by atoms with Crippen LogP contribution in [0.2, 0.25) is 0 Å². The van der Waals surface area contributed by atoms with E-state index in [1.165, 1.54) is 11.8 Å². The van der Waals surface area contributed by atoms with Gasteiger partial charge in [-0.2, -0.15) is 0 Å². The molecule has 0 atom stereocenters. The summed E-state index contributed by atoms with van der Waals surface area (Å²) in [6, 6.07) is 14.6. The maximum atomic E-state index is 12.6. The third kappa shape index (κ3) is 6.08. The summed E-state index contributed by atoms with van der Waals surface area (Å²) < 4.78 is 1.75. The molecule has 0 bridgehead atoms. The molecule has 31 heavy (non-hydrogen) atoms. The molecule has 3 rings (SSSR count). The van der Waals surface area contributed by atoms with Crippen LogP contribution >= 0.6 is 11.8 Å². The molecule has 2 aromatic carbocycles. The molecule has 0 saturated carbocycles. The minimum Gasteiger partial charge on any atom is -0.372 e. The number of hydrogen-bond acceptors (Lipinski definition) is 6. The van der Waals surface area contributed by atoms with E-state index in [0.717, 1.165) is 24.5 Å². The number of nitrogens with zero attached hydrogens (tertiary/aromatic N) is 4. The zero-order chi connectivity index (χ0) is 22.2. The van der Waals surface area contributed by atoms with E-state index in [9.17, 15) is 9.59 Å². The van der Waals surface area contributed by atoms with E-state index in [1.807, 2.05) is 31.3 Å². The van der Waals surface area contributed by atoms with Gasteiger partial charge in [-0.05, 0) is 56.3 Å². The molecule has 0 aliphatic carbocycles. The van der Waals surface area contributed by atoms with Gasteiger partial charge in [0, 0.05) is 42.8 Å². The van der Waals surface area contributed by atoms with Crippen molar-refractivity contribution in [2.45, 2.75) is 19.0 Å². The van der Waals surface area contributed by atoms with Crippen molar-refractivity contribution < 1.29 is 9.59 Å². The van der Waals surface area contributed by atoms with Crippen LogP contribution in [0, 0.1) is 0 Å². The van der Waals surface area contributed by atoms with E-state index in [-0.39, 0.29) is 17.6 Å². The van der Waals surface area contributed by atoms with Gasteiger partial charge in [0.15, 0.2) is 5.16 Å². The Labute approximate surface area is 186 Å². The van der Waals surface area contributed by atoms with Crippen LogP contribution < -0.4 is 15.5 Å². The first-order chi connectivity index (χ1) is 15.0. The van der Waals surface area contributed by atoms with Gasteiger partial charge in [0.25, 0.3) is 5.91 Å². The van der Waals surface area contributed by atoms with Gasteiger partial charge in [-0.15, -0.1) is 10.2 Å². The molecule has 9 heteroatoms. The predicted molar refractivity (Wildman–Crippen MR) is 125 cm³/mol. The van der Waals surface area contributed by atoms with Gasteiger partial charge in [-0.3, -0.25) is 9.59 Å². The zero-order valence-corrected chi connectivity index (χ0v) is 18.6. The molecule has 0 unspecified atom stereocenters. The third-order valence-electron chi connectivity index (χ3n) is 4.66. The van der Waals surface area contributed by atoms with Gasteiger partial charge in [0.05, 0.1) is 5.75 Å². The van der Waals surface area contributed by atoms with E-state index in [0.29, 0.717) is 16.4 Å². The second kappa shape index (κ2) is 10.6. The van der Waals surface area contributed by atoms with Gasteiger partial charge >= 0.3 is 0 Å². The number of nitrogens with one attached hydrogen (secondary N) is 2. The van der Waals surface area contributed by atoms with Crippen molar-refractivity contribution in [3.05, 3.63) is 60.4 Å². The number of benzene rings is 2. The molecule has 2 amide bonds. The Bertz CT molecular complexity index is 1030. The molecule has 3 aromatic rings. The minimum absolute atomic E-state index is 0.183. The Balaban J connectivity index is 1.58. The first-order valence-corrected chi connectivity index (χ1v) is 11.0. The average molecular weight is 439 g/mol. The summed E-state index contributed by atoms with van der Waals surface area (Å²) >= 11 is 1.29. The molecule has 0 fully saturated rings. The van der Waals surface area contributed by atoms with Crippen molar-refractivity contribution in [1.29, 1.82) is 0 Å². The number of aromatic nitrogens is 3. The summed E-state index contributed by atoms with van der Waals surface area (Å²) in [6.45, 7) is 6.08. The van der Waals surface area contributed by atoms with E-state index < -0.39 is 0 Å². The Morgan fingerprint density at radius 2 is 1.77 bits per heavy atom. The van der Waals surface area contributed by atoms with Crippen molar-refractivity contribution >= 4 is 40.6 Å². The topological polar surface area (TPSA) is 92.2 Å². The van der Waals surface area contributed by atoms with Crippen LogP contribution in [0.1, 0.15) is 24.2 Å². The molecule has 0 spiro atoms. The fraction of sp³-hybridized carbons (Fsp3) is 0.273. The highest BCUT2D eigenvalue weighted by Gasteiger charge is 2.11. The number of carbonyl (C=O) groups excluding carboxylic acids is 2. The molecule has 0 radical (unpaired) electrons. The molecule has 8 nitrogen and oxygen atoms in total. The predicted octanol–water partition coefficient (Wildman–Crippen LogP) is 3.64.